The molecule has 0 aromatic carbocycles. The van der Waals surface area contributed by atoms with Crippen LogP contribution in [0.15, 0.2) is 0 Å². The molecule has 0 heterocycles. The van der Waals surface area contributed by atoms with Gasteiger partial charge in [-0.2, -0.15) is 0 Å². The van der Waals surface area contributed by atoms with Crippen LogP contribution in [0.3, 0.4) is 0 Å². The number of hydrogen-bond acceptors (Lipinski definition) is 3. The summed E-state index contributed by atoms with van der Waals surface area (Å²) in [6, 6.07) is 0. The van der Waals surface area contributed by atoms with E-state index in [2.05, 4.69) is 17.0 Å². The van der Waals surface area contributed by atoms with Crippen LogP contribution >= 0.6 is 0 Å². The Kier molecular flexibility index (Phi) is 39.0. The van der Waals surface area contributed by atoms with Crippen molar-refractivity contribution in [2.75, 3.05) is 26.8 Å². The van der Waals surface area contributed by atoms with Crippen molar-refractivity contribution in [1.82, 2.24) is 5.32 Å². The van der Waals surface area contributed by atoms with E-state index in [4.69, 9.17) is 0 Å². The first-order chi connectivity index (χ1) is 7.33. The summed E-state index contributed by atoms with van der Waals surface area (Å²) in [7, 11) is 2.00. The SMILES string of the molecule is CC.CCCCCNC.CCOCC=O. The van der Waals surface area contributed by atoms with Crippen molar-refractivity contribution in [3.63, 3.8) is 0 Å². The minimum Gasteiger partial charge on any atom is -0.374 e. The Labute approximate surface area is 95.6 Å². The van der Waals surface area contributed by atoms with Gasteiger partial charge in [0, 0.05) is 6.61 Å². The van der Waals surface area contributed by atoms with Crippen LogP contribution < -0.4 is 5.32 Å². The summed E-state index contributed by atoms with van der Waals surface area (Å²) in [5, 5.41) is 3.10. The largest absolute Gasteiger partial charge is 0.374 e. The lowest BCUT2D eigenvalue weighted by molar-refractivity contribution is -0.111. The van der Waals surface area contributed by atoms with E-state index in [9.17, 15) is 4.79 Å². The van der Waals surface area contributed by atoms with E-state index in [1.807, 2.05) is 27.8 Å². The molecular formula is C12H29NO2. The number of carbonyl (C=O) groups is 1. The summed E-state index contributed by atoms with van der Waals surface area (Å²) in [6.07, 6.45) is 4.75. The third-order valence-electron chi connectivity index (χ3n) is 1.42. The summed E-state index contributed by atoms with van der Waals surface area (Å²) >= 11 is 0. The van der Waals surface area contributed by atoms with Crippen LogP contribution in [0.5, 0.6) is 0 Å². The summed E-state index contributed by atoms with van der Waals surface area (Å²) < 4.78 is 4.61. The molecule has 0 aliphatic heterocycles. The second-order valence-electron chi connectivity index (χ2n) is 2.64. The molecule has 0 unspecified atom stereocenters. The van der Waals surface area contributed by atoms with Crippen molar-refractivity contribution in [3.8, 4) is 0 Å². The molecule has 0 aromatic rings. The van der Waals surface area contributed by atoms with Gasteiger partial charge in [0.1, 0.15) is 12.9 Å². The number of nitrogens with one attached hydrogen (secondary N) is 1. The van der Waals surface area contributed by atoms with Gasteiger partial charge in [-0.25, -0.2) is 0 Å². The van der Waals surface area contributed by atoms with Gasteiger partial charge in [0.05, 0.1) is 0 Å². The fourth-order valence-electron chi connectivity index (χ4n) is 0.718. The molecule has 0 saturated carbocycles. The maximum absolute atomic E-state index is 9.44. The van der Waals surface area contributed by atoms with Crippen LogP contribution in [0, 0.1) is 0 Å². The first-order valence-corrected chi connectivity index (χ1v) is 5.99. The molecule has 1 N–H and O–H groups in total. The van der Waals surface area contributed by atoms with Gasteiger partial charge < -0.3 is 14.8 Å². The highest BCUT2D eigenvalue weighted by atomic mass is 16.5. The van der Waals surface area contributed by atoms with E-state index in [0.717, 1.165) is 6.29 Å². The van der Waals surface area contributed by atoms with Crippen molar-refractivity contribution in [2.45, 2.75) is 47.0 Å². The number of ether oxygens (including phenoxy) is 1. The first-order valence-electron chi connectivity index (χ1n) is 5.99. The lowest BCUT2D eigenvalue weighted by Gasteiger charge is -1.93. The van der Waals surface area contributed by atoms with Gasteiger partial charge in [0.15, 0.2) is 0 Å². The Bertz CT molecular complexity index is 83.7. The van der Waals surface area contributed by atoms with Crippen molar-refractivity contribution >= 4 is 6.29 Å². The topological polar surface area (TPSA) is 38.3 Å². The van der Waals surface area contributed by atoms with Gasteiger partial charge in [-0.1, -0.05) is 33.6 Å². The average Bonchev–Trinajstić information content (AvgIpc) is 2.31. The van der Waals surface area contributed by atoms with E-state index in [1.54, 1.807) is 0 Å². The molecule has 0 saturated heterocycles. The lowest BCUT2D eigenvalue weighted by Crippen LogP contribution is -2.06. The van der Waals surface area contributed by atoms with Crippen LogP contribution in [-0.2, 0) is 9.53 Å². The van der Waals surface area contributed by atoms with Crippen LogP contribution in [0.1, 0.15) is 47.0 Å². The zero-order valence-corrected chi connectivity index (χ0v) is 11.1. The zero-order chi connectivity index (χ0) is 12.4. The molecular weight excluding hydrogens is 190 g/mol. The van der Waals surface area contributed by atoms with Crippen molar-refractivity contribution in [1.29, 1.82) is 0 Å². The van der Waals surface area contributed by atoms with E-state index in [0.29, 0.717) is 6.61 Å². The number of unbranched alkanes of at least 4 members (excludes halogenated alkanes) is 2. The average molecular weight is 219 g/mol. The molecule has 0 bridgehead atoms. The number of rotatable bonds is 7. The van der Waals surface area contributed by atoms with Crippen LogP contribution in [-0.4, -0.2) is 33.1 Å². The second kappa shape index (κ2) is 29.2. The molecule has 0 aliphatic carbocycles. The molecule has 0 aliphatic rings. The quantitative estimate of drug-likeness (QED) is 0.528. The predicted molar refractivity (Wildman–Crippen MR) is 67.4 cm³/mol. The molecule has 0 aromatic heterocycles. The Hall–Kier alpha value is -0.410. The Balaban J connectivity index is -0.000000166. The normalized spacial score (nSPS) is 8.07. The third-order valence-corrected chi connectivity index (χ3v) is 1.42. The molecule has 0 atom stereocenters. The first kappa shape index (κ1) is 20.1. The monoisotopic (exact) mass is 219 g/mol. The van der Waals surface area contributed by atoms with Gasteiger partial charge in [-0.05, 0) is 26.9 Å². The molecule has 0 amide bonds. The third kappa shape index (κ3) is 42.0. The number of carbonyl (C=O) groups excluding carboxylic acids is 1. The predicted octanol–water partition coefficient (Wildman–Crippen LogP) is 2.64. The van der Waals surface area contributed by atoms with Gasteiger partial charge >= 0.3 is 0 Å². The molecule has 94 valence electrons. The van der Waals surface area contributed by atoms with Crippen molar-refractivity contribution in [2.24, 2.45) is 0 Å². The van der Waals surface area contributed by atoms with Crippen molar-refractivity contribution < 1.29 is 9.53 Å². The zero-order valence-electron chi connectivity index (χ0n) is 11.1. The molecule has 0 fully saturated rings. The smallest absolute Gasteiger partial charge is 0.145 e. The van der Waals surface area contributed by atoms with Gasteiger partial charge in [0.2, 0.25) is 0 Å². The number of aldehydes is 1. The summed E-state index contributed by atoms with van der Waals surface area (Å²) in [4.78, 5) is 9.44. The number of hydrogen-bond donors (Lipinski definition) is 1. The highest BCUT2D eigenvalue weighted by Crippen LogP contribution is 1.89. The Morgan fingerprint density at radius 2 is 1.80 bits per heavy atom. The molecule has 15 heavy (non-hydrogen) atoms. The van der Waals surface area contributed by atoms with Crippen LogP contribution in [0.2, 0.25) is 0 Å². The summed E-state index contributed by atoms with van der Waals surface area (Å²) in [5.41, 5.74) is 0. The highest BCUT2D eigenvalue weighted by Gasteiger charge is 1.78. The Morgan fingerprint density at radius 1 is 1.20 bits per heavy atom. The second-order valence-corrected chi connectivity index (χ2v) is 2.64. The summed E-state index contributed by atoms with van der Waals surface area (Å²) in [6.45, 7) is 10.1. The molecule has 3 nitrogen and oxygen atoms in total. The van der Waals surface area contributed by atoms with E-state index < -0.39 is 0 Å². The Morgan fingerprint density at radius 3 is 2.07 bits per heavy atom. The fraction of sp³-hybridized carbons (Fsp3) is 0.917. The van der Waals surface area contributed by atoms with Crippen molar-refractivity contribution in [3.05, 3.63) is 0 Å². The van der Waals surface area contributed by atoms with Gasteiger partial charge in [0.25, 0.3) is 0 Å². The molecule has 0 spiro atoms. The van der Waals surface area contributed by atoms with Crippen LogP contribution in [0.25, 0.3) is 0 Å². The van der Waals surface area contributed by atoms with Crippen LogP contribution in [0.4, 0.5) is 0 Å². The highest BCUT2D eigenvalue weighted by molar-refractivity contribution is 5.50. The van der Waals surface area contributed by atoms with E-state index in [-0.39, 0.29) is 6.61 Å². The molecule has 3 heteroatoms. The van der Waals surface area contributed by atoms with Gasteiger partial charge in [-0.3, -0.25) is 0 Å². The van der Waals surface area contributed by atoms with E-state index in [1.165, 1.54) is 25.8 Å². The molecule has 0 rings (SSSR count). The lowest BCUT2D eigenvalue weighted by atomic mass is 10.2. The minimum absolute atomic E-state index is 0.233. The summed E-state index contributed by atoms with van der Waals surface area (Å²) in [5.74, 6) is 0. The molecule has 0 radical (unpaired) electrons. The van der Waals surface area contributed by atoms with E-state index >= 15 is 0 Å². The minimum atomic E-state index is 0.233. The van der Waals surface area contributed by atoms with Gasteiger partial charge in [-0.15, -0.1) is 0 Å². The fourth-order valence-corrected chi connectivity index (χ4v) is 0.718. The standard InChI is InChI=1S/C6H15N.C4H8O2.C2H6/c1-3-4-5-6-7-2;1-2-6-4-3-5;1-2/h7H,3-6H2,1-2H3;3H,2,4H2,1H3;1-2H3. The maximum atomic E-state index is 9.44. The maximum Gasteiger partial charge on any atom is 0.145 e.